The summed E-state index contributed by atoms with van der Waals surface area (Å²) in [7, 11) is 0. The Balaban J connectivity index is 3.71. The van der Waals surface area contributed by atoms with E-state index in [0.717, 1.165) is 11.8 Å². The van der Waals surface area contributed by atoms with Gasteiger partial charge in [0.15, 0.2) is 0 Å². The molecule has 0 aromatic carbocycles. The van der Waals surface area contributed by atoms with Crippen LogP contribution in [0.15, 0.2) is 0 Å². The zero-order valence-corrected chi connectivity index (χ0v) is 13.1. The highest BCUT2D eigenvalue weighted by molar-refractivity contribution is 4.79. The molecule has 0 saturated carbocycles. The topological polar surface area (TPSA) is 12.0 Å². The number of nitrogens with one attached hydrogen (secondary N) is 1. The highest BCUT2D eigenvalue weighted by Crippen LogP contribution is 2.21. The molecule has 1 unspecified atom stereocenters. The lowest BCUT2D eigenvalue weighted by Gasteiger charge is -2.29. The standard InChI is InChI=1S/C16H35N/c1-7-8-12-17-16(5,6)13-15(4)11-9-10-14(2)3/h14-15,17H,7-13H2,1-6H3. The molecular weight excluding hydrogens is 206 g/mol. The molecule has 104 valence electrons. The largest absolute Gasteiger partial charge is 0.312 e. The van der Waals surface area contributed by atoms with Crippen molar-refractivity contribution in [2.45, 2.75) is 85.6 Å². The molecule has 1 atom stereocenters. The average Bonchev–Trinajstić information content (AvgIpc) is 2.16. The van der Waals surface area contributed by atoms with Crippen molar-refractivity contribution in [1.82, 2.24) is 5.32 Å². The minimum absolute atomic E-state index is 0.312. The number of unbranched alkanes of at least 4 members (excludes halogenated alkanes) is 1. The lowest BCUT2D eigenvalue weighted by atomic mass is 9.87. The maximum atomic E-state index is 3.69. The van der Waals surface area contributed by atoms with E-state index in [9.17, 15) is 0 Å². The number of rotatable bonds is 10. The van der Waals surface area contributed by atoms with E-state index < -0.39 is 0 Å². The van der Waals surface area contributed by atoms with Gasteiger partial charge in [-0.3, -0.25) is 0 Å². The van der Waals surface area contributed by atoms with E-state index in [1.54, 1.807) is 0 Å². The molecule has 0 amide bonds. The zero-order valence-electron chi connectivity index (χ0n) is 13.1. The fourth-order valence-electron chi connectivity index (χ4n) is 2.52. The molecule has 0 aliphatic carbocycles. The first-order valence-electron chi connectivity index (χ1n) is 7.62. The van der Waals surface area contributed by atoms with Gasteiger partial charge in [0.1, 0.15) is 0 Å². The van der Waals surface area contributed by atoms with E-state index >= 15 is 0 Å². The van der Waals surface area contributed by atoms with Crippen LogP contribution in [-0.4, -0.2) is 12.1 Å². The zero-order chi connectivity index (χ0) is 13.3. The normalized spacial score (nSPS) is 14.3. The van der Waals surface area contributed by atoms with Crippen molar-refractivity contribution in [1.29, 1.82) is 0 Å². The minimum atomic E-state index is 0.312. The smallest absolute Gasteiger partial charge is 0.0127 e. The van der Waals surface area contributed by atoms with Crippen molar-refractivity contribution >= 4 is 0 Å². The van der Waals surface area contributed by atoms with Gasteiger partial charge in [-0.15, -0.1) is 0 Å². The van der Waals surface area contributed by atoms with Crippen molar-refractivity contribution in [3.63, 3.8) is 0 Å². The Hall–Kier alpha value is -0.0400. The predicted molar refractivity (Wildman–Crippen MR) is 79.5 cm³/mol. The summed E-state index contributed by atoms with van der Waals surface area (Å²) in [5.41, 5.74) is 0.312. The predicted octanol–water partition coefficient (Wildman–Crippen LogP) is 5.01. The molecule has 17 heavy (non-hydrogen) atoms. The maximum Gasteiger partial charge on any atom is 0.0127 e. The lowest BCUT2D eigenvalue weighted by molar-refractivity contribution is 0.291. The van der Waals surface area contributed by atoms with Gasteiger partial charge in [0.05, 0.1) is 0 Å². The minimum Gasteiger partial charge on any atom is -0.312 e. The molecule has 0 spiro atoms. The molecule has 0 fully saturated rings. The Morgan fingerprint density at radius 2 is 1.65 bits per heavy atom. The van der Waals surface area contributed by atoms with E-state index in [-0.39, 0.29) is 0 Å². The van der Waals surface area contributed by atoms with Crippen LogP contribution in [-0.2, 0) is 0 Å². The number of hydrogen-bond donors (Lipinski definition) is 1. The third kappa shape index (κ3) is 10.8. The summed E-state index contributed by atoms with van der Waals surface area (Å²) in [5, 5.41) is 3.69. The molecule has 0 aliphatic heterocycles. The summed E-state index contributed by atoms with van der Waals surface area (Å²) >= 11 is 0. The Labute approximate surface area is 110 Å². The second-order valence-corrected chi connectivity index (χ2v) is 6.80. The SMILES string of the molecule is CCCCNC(C)(C)CC(C)CCCC(C)C. The summed E-state index contributed by atoms with van der Waals surface area (Å²) in [6, 6.07) is 0. The molecule has 0 aliphatic rings. The highest BCUT2D eigenvalue weighted by Gasteiger charge is 2.19. The van der Waals surface area contributed by atoms with Gasteiger partial charge in [0.25, 0.3) is 0 Å². The second kappa shape index (κ2) is 8.97. The molecule has 1 N–H and O–H groups in total. The summed E-state index contributed by atoms with van der Waals surface area (Å²) in [6.07, 6.45) is 8.04. The molecule has 1 heteroatoms. The Morgan fingerprint density at radius 3 is 2.18 bits per heavy atom. The van der Waals surface area contributed by atoms with Crippen LogP contribution in [0.25, 0.3) is 0 Å². The van der Waals surface area contributed by atoms with Gasteiger partial charge in [0, 0.05) is 5.54 Å². The molecule has 0 aromatic heterocycles. The number of hydrogen-bond acceptors (Lipinski definition) is 1. The molecule has 1 nitrogen and oxygen atoms in total. The summed E-state index contributed by atoms with van der Waals surface area (Å²) in [5.74, 6) is 1.70. The highest BCUT2D eigenvalue weighted by atomic mass is 14.9. The fourth-order valence-corrected chi connectivity index (χ4v) is 2.52. The van der Waals surface area contributed by atoms with E-state index in [2.05, 4.69) is 46.9 Å². The van der Waals surface area contributed by atoms with Gasteiger partial charge >= 0.3 is 0 Å². The van der Waals surface area contributed by atoms with Gasteiger partial charge in [-0.05, 0) is 45.1 Å². The van der Waals surface area contributed by atoms with Crippen molar-refractivity contribution in [2.75, 3.05) is 6.54 Å². The van der Waals surface area contributed by atoms with Gasteiger partial charge in [0.2, 0.25) is 0 Å². The average molecular weight is 241 g/mol. The van der Waals surface area contributed by atoms with Crippen molar-refractivity contribution in [2.24, 2.45) is 11.8 Å². The monoisotopic (exact) mass is 241 g/mol. The van der Waals surface area contributed by atoms with Crippen LogP contribution >= 0.6 is 0 Å². The van der Waals surface area contributed by atoms with E-state index in [4.69, 9.17) is 0 Å². The van der Waals surface area contributed by atoms with Crippen LogP contribution in [0.2, 0.25) is 0 Å². The Morgan fingerprint density at radius 1 is 1.00 bits per heavy atom. The summed E-state index contributed by atoms with van der Waals surface area (Å²) < 4.78 is 0. The first-order chi connectivity index (χ1) is 7.87. The van der Waals surface area contributed by atoms with Crippen molar-refractivity contribution in [3.8, 4) is 0 Å². The Bertz CT molecular complexity index is 172. The lowest BCUT2D eigenvalue weighted by Crippen LogP contribution is -2.41. The maximum absolute atomic E-state index is 3.69. The molecule has 0 rings (SSSR count). The molecule has 0 saturated heterocycles. The van der Waals surface area contributed by atoms with E-state index in [1.807, 2.05) is 0 Å². The molecule has 0 bridgehead atoms. The van der Waals surface area contributed by atoms with Crippen molar-refractivity contribution in [3.05, 3.63) is 0 Å². The Kier molecular flexibility index (Phi) is 8.94. The first-order valence-corrected chi connectivity index (χ1v) is 7.62. The molecule has 0 heterocycles. The van der Waals surface area contributed by atoms with Crippen molar-refractivity contribution < 1.29 is 0 Å². The summed E-state index contributed by atoms with van der Waals surface area (Å²) in [4.78, 5) is 0. The van der Waals surface area contributed by atoms with Crippen LogP contribution in [0.1, 0.15) is 80.1 Å². The van der Waals surface area contributed by atoms with Gasteiger partial charge in [-0.1, -0.05) is 53.4 Å². The second-order valence-electron chi connectivity index (χ2n) is 6.80. The van der Waals surface area contributed by atoms with Gasteiger partial charge in [-0.2, -0.15) is 0 Å². The fraction of sp³-hybridized carbons (Fsp3) is 1.00. The van der Waals surface area contributed by atoms with Gasteiger partial charge in [-0.25, -0.2) is 0 Å². The molecule has 0 radical (unpaired) electrons. The van der Waals surface area contributed by atoms with Crippen LogP contribution in [0.3, 0.4) is 0 Å². The quantitative estimate of drug-likeness (QED) is 0.530. The molecular formula is C16H35N. The van der Waals surface area contributed by atoms with E-state index in [1.165, 1.54) is 45.1 Å². The van der Waals surface area contributed by atoms with Gasteiger partial charge < -0.3 is 5.32 Å². The van der Waals surface area contributed by atoms with Crippen LogP contribution in [0.5, 0.6) is 0 Å². The third-order valence-corrected chi connectivity index (χ3v) is 3.47. The third-order valence-electron chi connectivity index (χ3n) is 3.47. The van der Waals surface area contributed by atoms with Crippen LogP contribution in [0.4, 0.5) is 0 Å². The molecule has 0 aromatic rings. The van der Waals surface area contributed by atoms with E-state index in [0.29, 0.717) is 5.54 Å². The summed E-state index contributed by atoms with van der Waals surface area (Å²) in [6.45, 7) is 15.2. The van der Waals surface area contributed by atoms with Crippen LogP contribution < -0.4 is 5.32 Å². The van der Waals surface area contributed by atoms with Crippen LogP contribution in [0, 0.1) is 11.8 Å². The first kappa shape index (κ1) is 17.0.